The Morgan fingerprint density at radius 3 is 1.38 bits per heavy atom. The highest BCUT2D eigenvalue weighted by Crippen LogP contribution is 2.20. The third-order valence-corrected chi connectivity index (χ3v) is 7.04. The van der Waals surface area contributed by atoms with Crippen LogP contribution < -0.4 is 0 Å². The Morgan fingerprint density at radius 2 is 0.906 bits per heavy atom. The largest absolute Gasteiger partial charge is 0.465 e. The van der Waals surface area contributed by atoms with Crippen LogP contribution in [0.15, 0.2) is 0 Å². The van der Waals surface area contributed by atoms with E-state index in [1.165, 1.54) is 135 Å². The lowest BCUT2D eigenvalue weighted by molar-refractivity contribution is -0.149. The lowest BCUT2D eigenvalue weighted by Gasteiger charge is -2.18. The summed E-state index contributed by atoms with van der Waals surface area (Å²) in [5, 5.41) is 0. The van der Waals surface area contributed by atoms with Gasteiger partial charge in [-0.25, -0.2) is 0 Å². The number of esters is 1. The first-order valence-electron chi connectivity index (χ1n) is 14.8. The number of carbonyl (C=O) groups is 1. The highest BCUT2D eigenvalue weighted by molar-refractivity contribution is 5.71. The molecule has 2 nitrogen and oxygen atoms in total. The van der Waals surface area contributed by atoms with Gasteiger partial charge in [-0.3, -0.25) is 4.79 Å². The van der Waals surface area contributed by atoms with E-state index in [0.29, 0.717) is 12.5 Å². The first-order chi connectivity index (χ1) is 15.7. The van der Waals surface area contributed by atoms with Gasteiger partial charge < -0.3 is 4.74 Å². The Labute approximate surface area is 203 Å². The maximum Gasteiger partial charge on any atom is 0.308 e. The topological polar surface area (TPSA) is 26.3 Å². The van der Waals surface area contributed by atoms with Gasteiger partial charge >= 0.3 is 5.97 Å². The molecule has 192 valence electrons. The molecule has 2 atom stereocenters. The van der Waals surface area contributed by atoms with Crippen molar-refractivity contribution in [2.75, 3.05) is 6.61 Å². The minimum Gasteiger partial charge on any atom is -0.465 e. The van der Waals surface area contributed by atoms with Crippen LogP contribution in [-0.4, -0.2) is 12.6 Å². The first-order valence-corrected chi connectivity index (χ1v) is 14.8. The van der Waals surface area contributed by atoms with E-state index < -0.39 is 0 Å². The fraction of sp³-hybridized carbons (Fsp3) is 0.967. The second kappa shape index (κ2) is 25.1. The summed E-state index contributed by atoms with van der Waals surface area (Å²) in [6, 6.07) is 0. The van der Waals surface area contributed by atoms with E-state index in [9.17, 15) is 4.79 Å². The summed E-state index contributed by atoms with van der Waals surface area (Å²) >= 11 is 0. The zero-order valence-electron chi connectivity index (χ0n) is 22.7. The van der Waals surface area contributed by atoms with Gasteiger partial charge in [0.25, 0.3) is 0 Å². The number of hydrogen-bond donors (Lipinski definition) is 0. The van der Waals surface area contributed by atoms with Crippen LogP contribution in [0, 0.1) is 11.8 Å². The van der Waals surface area contributed by atoms with E-state index in [2.05, 4.69) is 27.7 Å². The predicted molar refractivity (Wildman–Crippen MR) is 142 cm³/mol. The maximum absolute atomic E-state index is 12.4. The summed E-state index contributed by atoms with van der Waals surface area (Å²) in [6.45, 7) is 9.51. The third-order valence-electron chi connectivity index (χ3n) is 7.04. The van der Waals surface area contributed by atoms with Crippen molar-refractivity contribution >= 4 is 5.97 Å². The molecule has 0 N–H and O–H groups in total. The highest BCUT2D eigenvalue weighted by atomic mass is 16.5. The van der Waals surface area contributed by atoms with Crippen LogP contribution in [0.4, 0.5) is 0 Å². The summed E-state index contributed by atoms with van der Waals surface area (Å²) in [7, 11) is 0. The van der Waals surface area contributed by atoms with Crippen LogP contribution >= 0.6 is 0 Å². The molecule has 0 spiro atoms. The Morgan fingerprint density at radius 1 is 0.531 bits per heavy atom. The van der Waals surface area contributed by atoms with Gasteiger partial charge in [0.2, 0.25) is 0 Å². The number of ether oxygens (including phenoxy) is 1. The minimum atomic E-state index is 0.0422. The normalized spacial score (nSPS) is 13.2. The first kappa shape index (κ1) is 31.5. The molecule has 0 aliphatic heterocycles. The van der Waals surface area contributed by atoms with Crippen LogP contribution in [0.1, 0.15) is 169 Å². The van der Waals surface area contributed by atoms with Crippen LogP contribution in [-0.2, 0) is 9.53 Å². The van der Waals surface area contributed by atoms with E-state index in [1.807, 2.05) is 0 Å². The van der Waals surface area contributed by atoms with Crippen molar-refractivity contribution in [1.29, 1.82) is 0 Å². The molecule has 2 unspecified atom stereocenters. The quantitative estimate of drug-likeness (QED) is 0.102. The molecular weight excluding hydrogens is 392 g/mol. The van der Waals surface area contributed by atoms with Crippen LogP contribution in [0.3, 0.4) is 0 Å². The molecule has 0 aromatic rings. The average molecular weight is 453 g/mol. The van der Waals surface area contributed by atoms with E-state index in [4.69, 9.17) is 4.74 Å². The summed E-state index contributed by atoms with van der Waals surface area (Å²) in [5.41, 5.74) is 0. The Balaban J connectivity index is 3.73. The van der Waals surface area contributed by atoms with Crippen molar-refractivity contribution in [3.63, 3.8) is 0 Å². The maximum atomic E-state index is 12.4. The van der Waals surface area contributed by atoms with E-state index in [0.717, 1.165) is 6.42 Å². The van der Waals surface area contributed by atoms with Gasteiger partial charge in [0.15, 0.2) is 0 Å². The second-order valence-corrected chi connectivity index (χ2v) is 10.4. The molecule has 0 radical (unpaired) electrons. The number of rotatable bonds is 25. The minimum absolute atomic E-state index is 0.0422. The summed E-state index contributed by atoms with van der Waals surface area (Å²) in [4.78, 5) is 12.4. The van der Waals surface area contributed by atoms with Gasteiger partial charge in [-0.1, -0.05) is 150 Å². The molecule has 0 aromatic heterocycles. The Bertz CT molecular complexity index is 379. The van der Waals surface area contributed by atoms with Gasteiger partial charge in [0, 0.05) is 0 Å². The zero-order valence-corrected chi connectivity index (χ0v) is 22.7. The Kier molecular flexibility index (Phi) is 24.7. The monoisotopic (exact) mass is 452 g/mol. The molecule has 0 fully saturated rings. The van der Waals surface area contributed by atoms with Gasteiger partial charge in [0.05, 0.1) is 12.5 Å². The molecular formula is C30H60O2. The molecule has 0 saturated heterocycles. The van der Waals surface area contributed by atoms with Crippen LogP contribution in [0.2, 0.25) is 0 Å². The number of carbonyl (C=O) groups excluding carboxylic acids is 1. The van der Waals surface area contributed by atoms with Crippen LogP contribution in [0.25, 0.3) is 0 Å². The van der Waals surface area contributed by atoms with Crippen molar-refractivity contribution in [3.05, 3.63) is 0 Å². The standard InChI is InChI=1S/C30H60O2/c1-5-8-11-13-14-15-16-17-18-19-21-22-24-28(4)30(31)32-27-29(25-10-7-3)26-23-20-12-9-6-2/h28-29H,5-27H2,1-4H3. The predicted octanol–water partition coefficient (Wildman–Crippen LogP) is 10.4. The number of unbranched alkanes of at least 4 members (excludes halogenated alkanes) is 16. The second-order valence-electron chi connectivity index (χ2n) is 10.4. The summed E-state index contributed by atoms with van der Waals surface area (Å²) in [6.07, 6.45) is 28.9. The molecule has 32 heavy (non-hydrogen) atoms. The summed E-state index contributed by atoms with van der Waals surface area (Å²) in [5.74, 6) is 0.675. The molecule has 0 amide bonds. The molecule has 0 aliphatic carbocycles. The molecule has 0 aliphatic rings. The van der Waals surface area contributed by atoms with Crippen molar-refractivity contribution in [1.82, 2.24) is 0 Å². The van der Waals surface area contributed by atoms with E-state index in [-0.39, 0.29) is 11.9 Å². The molecule has 0 rings (SSSR count). The lowest BCUT2D eigenvalue weighted by Crippen LogP contribution is -2.19. The number of hydrogen-bond acceptors (Lipinski definition) is 2. The fourth-order valence-electron chi connectivity index (χ4n) is 4.59. The van der Waals surface area contributed by atoms with E-state index >= 15 is 0 Å². The van der Waals surface area contributed by atoms with Gasteiger partial charge in [-0.15, -0.1) is 0 Å². The van der Waals surface area contributed by atoms with Crippen molar-refractivity contribution in [2.24, 2.45) is 11.8 Å². The van der Waals surface area contributed by atoms with Gasteiger partial charge in [0.1, 0.15) is 0 Å². The highest BCUT2D eigenvalue weighted by Gasteiger charge is 2.17. The molecule has 0 aromatic carbocycles. The third kappa shape index (κ3) is 21.3. The fourth-order valence-corrected chi connectivity index (χ4v) is 4.59. The molecule has 0 saturated carbocycles. The van der Waals surface area contributed by atoms with Crippen molar-refractivity contribution in [3.8, 4) is 0 Å². The van der Waals surface area contributed by atoms with Gasteiger partial charge in [-0.2, -0.15) is 0 Å². The van der Waals surface area contributed by atoms with E-state index in [1.54, 1.807) is 0 Å². The molecule has 0 heterocycles. The lowest BCUT2D eigenvalue weighted by atomic mass is 9.95. The summed E-state index contributed by atoms with van der Waals surface area (Å²) < 4.78 is 5.76. The van der Waals surface area contributed by atoms with Crippen LogP contribution in [0.5, 0.6) is 0 Å². The molecule has 2 heteroatoms. The van der Waals surface area contributed by atoms with Crippen molar-refractivity contribution in [2.45, 2.75) is 169 Å². The average Bonchev–Trinajstić information content (AvgIpc) is 2.80. The molecule has 0 bridgehead atoms. The SMILES string of the molecule is CCCCCCCCCCCCCCC(C)C(=O)OCC(CCCC)CCCCCCC. The zero-order chi connectivity index (χ0) is 23.7. The smallest absolute Gasteiger partial charge is 0.308 e. The Hall–Kier alpha value is -0.530. The van der Waals surface area contributed by atoms with Gasteiger partial charge in [-0.05, 0) is 25.2 Å². The van der Waals surface area contributed by atoms with Crippen molar-refractivity contribution < 1.29 is 9.53 Å².